The lowest BCUT2D eigenvalue weighted by Crippen LogP contribution is -2.11. The fourth-order valence-electron chi connectivity index (χ4n) is 3.28. The molecule has 0 unspecified atom stereocenters. The molecule has 134 valence electrons. The zero-order valence-corrected chi connectivity index (χ0v) is 16.8. The molecular weight excluding hydrogens is 364 g/mol. The number of anilines is 2. The van der Waals surface area contributed by atoms with E-state index in [1.165, 1.54) is 21.7 Å². The summed E-state index contributed by atoms with van der Waals surface area (Å²) in [7, 11) is 0. The van der Waals surface area contributed by atoms with Crippen molar-refractivity contribution in [2.24, 2.45) is 0 Å². The van der Waals surface area contributed by atoms with Crippen molar-refractivity contribution < 1.29 is 0 Å². The molecule has 0 radical (unpaired) electrons. The molecule has 0 aliphatic carbocycles. The van der Waals surface area contributed by atoms with Crippen molar-refractivity contribution >= 4 is 45.0 Å². The van der Waals surface area contributed by atoms with Gasteiger partial charge in [0, 0.05) is 34.6 Å². The number of rotatable bonds is 3. The second-order valence-electron chi connectivity index (χ2n) is 6.58. The number of imidazole rings is 1. The summed E-state index contributed by atoms with van der Waals surface area (Å²) in [5, 5.41) is 7.49. The Balaban J connectivity index is 1.95. The molecule has 2 aromatic heterocycles. The van der Waals surface area contributed by atoms with E-state index in [0.717, 1.165) is 34.3 Å². The van der Waals surface area contributed by atoms with Crippen LogP contribution in [0.1, 0.15) is 27.4 Å². The molecule has 0 saturated carbocycles. The minimum atomic E-state index is 0.681. The van der Waals surface area contributed by atoms with Gasteiger partial charge in [0.05, 0.1) is 5.03 Å². The summed E-state index contributed by atoms with van der Waals surface area (Å²) in [6.45, 7) is 9.26. The molecule has 4 nitrogen and oxygen atoms in total. The number of benzene rings is 1. The zero-order valence-electron chi connectivity index (χ0n) is 15.3. The Morgan fingerprint density at radius 3 is 2.62 bits per heavy atom. The molecule has 0 spiro atoms. The van der Waals surface area contributed by atoms with E-state index in [2.05, 4.69) is 67.0 Å². The van der Waals surface area contributed by atoms with Crippen molar-refractivity contribution in [1.29, 1.82) is 0 Å². The monoisotopic (exact) mass is 384 g/mol. The van der Waals surface area contributed by atoms with Crippen molar-refractivity contribution in [3.63, 3.8) is 0 Å². The van der Waals surface area contributed by atoms with E-state index < -0.39 is 0 Å². The molecule has 1 aliphatic heterocycles. The molecule has 3 heterocycles. The summed E-state index contributed by atoms with van der Waals surface area (Å²) in [6, 6.07) is 6.32. The quantitative estimate of drug-likeness (QED) is 0.631. The normalized spacial score (nSPS) is 14.2. The number of allylic oxidation sites excluding steroid dienone is 2. The molecule has 1 aliphatic rings. The number of dihydropyridines is 1. The molecule has 2 N–H and O–H groups in total. The van der Waals surface area contributed by atoms with Gasteiger partial charge in [0.15, 0.2) is 4.96 Å². The lowest BCUT2D eigenvalue weighted by Gasteiger charge is -2.16. The molecule has 26 heavy (non-hydrogen) atoms. The van der Waals surface area contributed by atoms with Crippen LogP contribution in [0.15, 0.2) is 35.5 Å². The Morgan fingerprint density at radius 2 is 1.92 bits per heavy atom. The van der Waals surface area contributed by atoms with Crippen molar-refractivity contribution in [2.45, 2.75) is 27.7 Å². The van der Waals surface area contributed by atoms with Crippen LogP contribution in [0, 0.1) is 27.7 Å². The van der Waals surface area contributed by atoms with E-state index in [1.807, 2.05) is 6.20 Å². The van der Waals surface area contributed by atoms with Crippen LogP contribution < -0.4 is 10.6 Å². The molecule has 3 aromatic rings. The Kier molecular flexibility index (Phi) is 4.29. The molecule has 6 heteroatoms. The summed E-state index contributed by atoms with van der Waals surface area (Å²) in [5.74, 6) is 0.971. The Hall–Kier alpha value is -2.24. The molecule has 0 bridgehead atoms. The molecular formula is C20H21ClN4S. The number of nitrogens with zero attached hydrogens (tertiary/aromatic N) is 2. The third-order valence-corrected chi connectivity index (χ3v) is 6.20. The maximum absolute atomic E-state index is 6.48. The van der Waals surface area contributed by atoms with Crippen LogP contribution >= 0.6 is 22.9 Å². The largest absolute Gasteiger partial charge is 0.386 e. The third kappa shape index (κ3) is 2.72. The summed E-state index contributed by atoms with van der Waals surface area (Å²) < 4.78 is 2.20. The number of para-hydroxylation sites is 1. The van der Waals surface area contributed by atoms with Gasteiger partial charge >= 0.3 is 0 Å². The Bertz CT molecular complexity index is 1050. The Labute approximate surface area is 162 Å². The lowest BCUT2D eigenvalue weighted by atomic mass is 10.1. The maximum atomic E-state index is 6.48. The zero-order chi connectivity index (χ0) is 18.4. The van der Waals surface area contributed by atoms with Crippen LogP contribution in [0.3, 0.4) is 0 Å². The third-order valence-electron chi connectivity index (χ3n) is 4.83. The number of aromatic nitrogens is 2. The second kappa shape index (κ2) is 6.49. The van der Waals surface area contributed by atoms with Gasteiger partial charge in [-0.3, -0.25) is 4.40 Å². The molecule has 0 amide bonds. The van der Waals surface area contributed by atoms with E-state index >= 15 is 0 Å². The number of hydrogen-bond donors (Lipinski definition) is 2. The van der Waals surface area contributed by atoms with E-state index in [1.54, 1.807) is 11.3 Å². The van der Waals surface area contributed by atoms with Crippen LogP contribution in [0.4, 0.5) is 11.5 Å². The SMILES string of the molecule is Cc1cccc(C)c1Nc1c(C2=CCNC=C2Cl)nc2sc(C)c(C)n12. The van der Waals surface area contributed by atoms with Gasteiger partial charge in [0.2, 0.25) is 0 Å². The highest BCUT2D eigenvalue weighted by Crippen LogP contribution is 2.38. The predicted molar refractivity (Wildman–Crippen MR) is 112 cm³/mol. The fourth-order valence-corrected chi connectivity index (χ4v) is 4.49. The number of aryl methyl sites for hydroxylation is 4. The van der Waals surface area contributed by atoms with Crippen molar-refractivity contribution in [3.05, 3.63) is 62.9 Å². The van der Waals surface area contributed by atoms with Crippen molar-refractivity contribution in [2.75, 3.05) is 11.9 Å². The second-order valence-corrected chi connectivity index (χ2v) is 8.17. The van der Waals surface area contributed by atoms with Gasteiger partial charge in [-0.05, 0) is 38.8 Å². The van der Waals surface area contributed by atoms with Crippen LogP contribution in [0.5, 0.6) is 0 Å². The number of thiazole rings is 1. The number of hydrogen-bond acceptors (Lipinski definition) is 4. The standard InChI is InChI=1S/C20H21ClN4S/c1-11-6-5-7-12(2)17(11)23-19-18(15-8-9-22-10-16(15)21)24-20-25(19)13(3)14(4)26-20/h5-8,10,22-23H,9H2,1-4H3. The first-order valence-corrected chi connectivity index (χ1v) is 9.78. The average molecular weight is 385 g/mol. The summed E-state index contributed by atoms with van der Waals surface area (Å²) in [5.41, 5.74) is 6.59. The van der Waals surface area contributed by atoms with Crippen LogP contribution in [-0.4, -0.2) is 15.9 Å². The number of fused-ring (bicyclic) bond motifs is 1. The van der Waals surface area contributed by atoms with Gasteiger partial charge in [-0.25, -0.2) is 4.98 Å². The first kappa shape index (κ1) is 17.2. The van der Waals surface area contributed by atoms with Gasteiger partial charge in [0.25, 0.3) is 0 Å². The van der Waals surface area contributed by atoms with Gasteiger partial charge in [-0.1, -0.05) is 35.9 Å². The predicted octanol–water partition coefficient (Wildman–Crippen LogP) is 5.44. The van der Waals surface area contributed by atoms with Gasteiger partial charge < -0.3 is 10.6 Å². The van der Waals surface area contributed by atoms with Crippen LogP contribution in [0.25, 0.3) is 10.5 Å². The van der Waals surface area contributed by atoms with Gasteiger partial charge in [-0.2, -0.15) is 0 Å². The average Bonchev–Trinajstić information content (AvgIpc) is 3.08. The minimum absolute atomic E-state index is 0.681. The Morgan fingerprint density at radius 1 is 1.19 bits per heavy atom. The first-order chi connectivity index (χ1) is 12.5. The lowest BCUT2D eigenvalue weighted by molar-refractivity contribution is 0.970. The minimum Gasteiger partial charge on any atom is -0.386 e. The summed E-state index contributed by atoms with van der Waals surface area (Å²) in [6.07, 6.45) is 3.93. The summed E-state index contributed by atoms with van der Waals surface area (Å²) >= 11 is 8.18. The number of nitrogens with one attached hydrogen (secondary N) is 2. The molecule has 0 atom stereocenters. The fraction of sp³-hybridized carbons (Fsp3) is 0.250. The van der Waals surface area contributed by atoms with Crippen molar-refractivity contribution in [3.8, 4) is 0 Å². The summed E-state index contributed by atoms with van der Waals surface area (Å²) in [4.78, 5) is 7.17. The van der Waals surface area contributed by atoms with Gasteiger partial charge in [0.1, 0.15) is 11.5 Å². The van der Waals surface area contributed by atoms with Gasteiger partial charge in [-0.15, -0.1) is 11.3 Å². The molecule has 1 aromatic carbocycles. The van der Waals surface area contributed by atoms with E-state index in [0.29, 0.717) is 5.03 Å². The molecule has 0 saturated heterocycles. The van der Waals surface area contributed by atoms with Crippen LogP contribution in [-0.2, 0) is 0 Å². The molecule has 0 fully saturated rings. The molecule has 4 rings (SSSR count). The topological polar surface area (TPSA) is 41.4 Å². The van der Waals surface area contributed by atoms with E-state index in [9.17, 15) is 0 Å². The highest BCUT2D eigenvalue weighted by atomic mass is 35.5. The highest BCUT2D eigenvalue weighted by molar-refractivity contribution is 7.17. The maximum Gasteiger partial charge on any atom is 0.196 e. The highest BCUT2D eigenvalue weighted by Gasteiger charge is 2.23. The van der Waals surface area contributed by atoms with Crippen LogP contribution in [0.2, 0.25) is 0 Å². The smallest absolute Gasteiger partial charge is 0.196 e. The van der Waals surface area contributed by atoms with E-state index in [-0.39, 0.29) is 0 Å². The number of halogens is 1. The van der Waals surface area contributed by atoms with Crippen molar-refractivity contribution in [1.82, 2.24) is 14.7 Å². The first-order valence-electron chi connectivity index (χ1n) is 8.59. The van der Waals surface area contributed by atoms with E-state index in [4.69, 9.17) is 16.6 Å².